The van der Waals surface area contributed by atoms with Gasteiger partial charge in [-0.15, -0.1) is 0 Å². The van der Waals surface area contributed by atoms with E-state index < -0.39 is 6.10 Å². The zero-order chi connectivity index (χ0) is 41.7. The first-order chi connectivity index (χ1) is 27.9. The number of rotatable bonds is 46. The van der Waals surface area contributed by atoms with Gasteiger partial charge in [0.25, 0.3) is 0 Å². The van der Waals surface area contributed by atoms with Gasteiger partial charge in [-0.2, -0.15) is 0 Å². The third-order valence-corrected chi connectivity index (χ3v) is 11.9. The molecule has 0 aliphatic carbocycles. The molecule has 2 atom stereocenters. The second kappa shape index (κ2) is 45.5. The van der Waals surface area contributed by atoms with Crippen LogP contribution in [0.15, 0.2) is 0 Å². The number of carbonyl (C=O) groups is 3. The largest absolute Gasteiger partial charge is 0.462 e. The van der Waals surface area contributed by atoms with Crippen LogP contribution in [-0.2, 0) is 28.6 Å². The van der Waals surface area contributed by atoms with E-state index >= 15 is 0 Å². The topological polar surface area (TPSA) is 78.9 Å². The van der Waals surface area contributed by atoms with Crippen LogP contribution in [0.5, 0.6) is 0 Å². The molecule has 0 aromatic rings. The molecule has 6 heteroatoms. The van der Waals surface area contributed by atoms with Crippen LogP contribution in [-0.4, -0.2) is 37.2 Å². The first kappa shape index (κ1) is 55.4. The average molecular weight is 807 g/mol. The Labute approximate surface area is 355 Å². The molecule has 0 bridgehead atoms. The zero-order valence-electron chi connectivity index (χ0n) is 38.8. The van der Waals surface area contributed by atoms with Crippen molar-refractivity contribution in [2.45, 2.75) is 291 Å². The standard InChI is InChI=1S/C51H98O6/c1-5-8-10-12-14-16-18-20-21-22-24-26-28-30-36-40-44-51(54)57-48(46-56-50(53)43-39-35-32-31-33-37-41-47(4)7-3)45-55-49(52)42-38-34-29-27-25-23-19-17-15-13-11-9-6-2/h47-48H,5-46H2,1-4H3/t47?,48-/m0/s1. The zero-order valence-corrected chi connectivity index (χ0v) is 38.8. The molecule has 0 fully saturated rings. The molecule has 0 saturated carbocycles. The van der Waals surface area contributed by atoms with E-state index in [1.807, 2.05) is 0 Å². The van der Waals surface area contributed by atoms with Gasteiger partial charge in [0.05, 0.1) is 0 Å². The molecule has 0 saturated heterocycles. The lowest BCUT2D eigenvalue weighted by atomic mass is 10.00. The molecule has 0 heterocycles. The number of esters is 3. The van der Waals surface area contributed by atoms with Crippen LogP contribution >= 0.6 is 0 Å². The third kappa shape index (κ3) is 43.8. The summed E-state index contributed by atoms with van der Waals surface area (Å²) in [5.74, 6) is -0.0344. The van der Waals surface area contributed by atoms with Gasteiger partial charge >= 0.3 is 17.9 Å². The molecule has 0 aromatic heterocycles. The van der Waals surface area contributed by atoms with Gasteiger partial charge in [-0.3, -0.25) is 14.4 Å². The Balaban J connectivity index is 4.30. The smallest absolute Gasteiger partial charge is 0.306 e. The van der Waals surface area contributed by atoms with Gasteiger partial charge in [0.15, 0.2) is 6.10 Å². The Morgan fingerprint density at radius 1 is 0.351 bits per heavy atom. The fourth-order valence-corrected chi connectivity index (χ4v) is 7.66. The highest BCUT2D eigenvalue weighted by molar-refractivity contribution is 5.71. The van der Waals surface area contributed by atoms with Crippen molar-refractivity contribution < 1.29 is 28.6 Å². The summed E-state index contributed by atoms with van der Waals surface area (Å²) in [6.45, 7) is 8.99. The quantitative estimate of drug-likeness (QED) is 0.0346. The van der Waals surface area contributed by atoms with Crippen LogP contribution in [0.4, 0.5) is 0 Å². The monoisotopic (exact) mass is 807 g/mol. The van der Waals surface area contributed by atoms with Crippen molar-refractivity contribution in [2.75, 3.05) is 13.2 Å². The van der Waals surface area contributed by atoms with Crippen LogP contribution in [0.1, 0.15) is 285 Å². The lowest BCUT2D eigenvalue weighted by molar-refractivity contribution is -0.167. The van der Waals surface area contributed by atoms with Crippen LogP contribution in [0.2, 0.25) is 0 Å². The van der Waals surface area contributed by atoms with Crippen molar-refractivity contribution in [3.63, 3.8) is 0 Å². The molecular formula is C51H98O6. The van der Waals surface area contributed by atoms with Gasteiger partial charge in [0, 0.05) is 19.3 Å². The molecule has 0 aliphatic rings. The molecule has 0 rings (SSSR count). The van der Waals surface area contributed by atoms with Crippen molar-refractivity contribution in [3.8, 4) is 0 Å². The predicted octanol–water partition coefficient (Wildman–Crippen LogP) is 16.3. The highest BCUT2D eigenvalue weighted by Crippen LogP contribution is 2.17. The van der Waals surface area contributed by atoms with E-state index in [1.165, 1.54) is 180 Å². The van der Waals surface area contributed by atoms with E-state index in [2.05, 4.69) is 27.7 Å². The van der Waals surface area contributed by atoms with Gasteiger partial charge in [-0.25, -0.2) is 0 Å². The van der Waals surface area contributed by atoms with Gasteiger partial charge in [0.2, 0.25) is 0 Å². The molecule has 1 unspecified atom stereocenters. The average Bonchev–Trinajstić information content (AvgIpc) is 3.21. The lowest BCUT2D eigenvalue weighted by Crippen LogP contribution is -2.30. The molecule has 0 radical (unpaired) electrons. The summed E-state index contributed by atoms with van der Waals surface area (Å²) in [6, 6.07) is 0. The fraction of sp³-hybridized carbons (Fsp3) is 0.941. The lowest BCUT2D eigenvalue weighted by Gasteiger charge is -2.18. The highest BCUT2D eigenvalue weighted by Gasteiger charge is 2.19. The van der Waals surface area contributed by atoms with Crippen LogP contribution in [0, 0.1) is 5.92 Å². The van der Waals surface area contributed by atoms with Crippen LogP contribution in [0.25, 0.3) is 0 Å². The van der Waals surface area contributed by atoms with Crippen molar-refractivity contribution in [2.24, 2.45) is 5.92 Å². The molecule has 0 amide bonds. The van der Waals surface area contributed by atoms with Gasteiger partial charge in [-0.05, 0) is 25.2 Å². The van der Waals surface area contributed by atoms with Gasteiger partial charge in [-0.1, -0.05) is 246 Å². The maximum absolute atomic E-state index is 12.8. The summed E-state index contributed by atoms with van der Waals surface area (Å²) in [7, 11) is 0. The minimum atomic E-state index is -0.761. The first-order valence-corrected chi connectivity index (χ1v) is 25.4. The number of hydrogen-bond donors (Lipinski definition) is 0. The summed E-state index contributed by atoms with van der Waals surface area (Å²) < 4.78 is 16.8. The summed E-state index contributed by atoms with van der Waals surface area (Å²) in [4.78, 5) is 37.9. The third-order valence-electron chi connectivity index (χ3n) is 11.9. The second-order valence-corrected chi connectivity index (χ2v) is 17.7. The Kier molecular flexibility index (Phi) is 44.2. The summed E-state index contributed by atoms with van der Waals surface area (Å²) in [6.07, 6.45) is 46.6. The molecular weight excluding hydrogens is 709 g/mol. The van der Waals surface area contributed by atoms with Crippen molar-refractivity contribution in [1.82, 2.24) is 0 Å². The molecule has 0 spiro atoms. The SMILES string of the molecule is CCCCCCCCCCCCCCCCCCC(=O)O[C@@H](COC(=O)CCCCCCCCCCCCCCC)COC(=O)CCCCCCCCC(C)CC. The molecule has 338 valence electrons. The van der Waals surface area contributed by atoms with Crippen molar-refractivity contribution in [3.05, 3.63) is 0 Å². The molecule has 6 nitrogen and oxygen atoms in total. The highest BCUT2D eigenvalue weighted by atomic mass is 16.6. The fourth-order valence-electron chi connectivity index (χ4n) is 7.66. The summed E-state index contributed by atoms with van der Waals surface area (Å²) >= 11 is 0. The van der Waals surface area contributed by atoms with Crippen molar-refractivity contribution in [1.29, 1.82) is 0 Å². The molecule has 0 aliphatic heterocycles. The van der Waals surface area contributed by atoms with Crippen molar-refractivity contribution >= 4 is 17.9 Å². The van der Waals surface area contributed by atoms with Crippen LogP contribution < -0.4 is 0 Å². The predicted molar refractivity (Wildman–Crippen MR) is 243 cm³/mol. The Morgan fingerprint density at radius 2 is 0.614 bits per heavy atom. The van der Waals surface area contributed by atoms with Crippen LogP contribution in [0.3, 0.4) is 0 Å². The van der Waals surface area contributed by atoms with E-state index in [0.29, 0.717) is 19.3 Å². The van der Waals surface area contributed by atoms with E-state index in [-0.39, 0.29) is 31.1 Å². The normalized spacial score (nSPS) is 12.4. The van der Waals surface area contributed by atoms with E-state index in [9.17, 15) is 14.4 Å². The summed E-state index contributed by atoms with van der Waals surface area (Å²) in [5.41, 5.74) is 0. The number of hydrogen-bond acceptors (Lipinski definition) is 6. The maximum atomic E-state index is 12.8. The maximum Gasteiger partial charge on any atom is 0.306 e. The molecule has 0 N–H and O–H groups in total. The number of carbonyl (C=O) groups excluding carboxylic acids is 3. The molecule has 0 aromatic carbocycles. The summed E-state index contributed by atoms with van der Waals surface area (Å²) in [5, 5.41) is 0. The van der Waals surface area contributed by atoms with Gasteiger partial charge in [0.1, 0.15) is 13.2 Å². The van der Waals surface area contributed by atoms with E-state index in [4.69, 9.17) is 14.2 Å². The Bertz CT molecular complexity index is 859. The Hall–Kier alpha value is -1.59. The Morgan fingerprint density at radius 3 is 0.912 bits per heavy atom. The minimum Gasteiger partial charge on any atom is -0.462 e. The first-order valence-electron chi connectivity index (χ1n) is 25.4. The van der Waals surface area contributed by atoms with Gasteiger partial charge < -0.3 is 14.2 Å². The van der Waals surface area contributed by atoms with E-state index in [1.54, 1.807) is 0 Å². The second-order valence-electron chi connectivity index (χ2n) is 17.7. The molecule has 57 heavy (non-hydrogen) atoms. The van der Waals surface area contributed by atoms with E-state index in [0.717, 1.165) is 63.7 Å². The number of ether oxygens (including phenoxy) is 3. The number of unbranched alkanes of at least 4 members (excludes halogenated alkanes) is 32. The minimum absolute atomic E-state index is 0.0636.